The first-order valence-corrected chi connectivity index (χ1v) is 10.3. The van der Waals surface area contributed by atoms with Gasteiger partial charge >= 0.3 is 0 Å². The maximum atomic E-state index is 14.3. The number of halogens is 2. The van der Waals surface area contributed by atoms with Crippen LogP contribution in [-0.4, -0.2) is 34.6 Å². The summed E-state index contributed by atoms with van der Waals surface area (Å²) in [6.07, 6.45) is 6.48. The highest BCUT2D eigenvalue weighted by Gasteiger charge is 2.63. The van der Waals surface area contributed by atoms with Crippen LogP contribution in [0.25, 0.3) is 0 Å². The van der Waals surface area contributed by atoms with Crippen molar-refractivity contribution in [1.82, 2.24) is 15.0 Å². The van der Waals surface area contributed by atoms with Crippen molar-refractivity contribution >= 4 is 11.7 Å². The van der Waals surface area contributed by atoms with Crippen LogP contribution in [0.15, 0.2) is 48.3 Å². The Hall–Kier alpha value is -3.36. The molecule has 32 heavy (non-hydrogen) atoms. The molecule has 2 aromatic heterocycles. The standard InChI is InChI=1S/C23H24F2N4O3/c1-13-20(11-26-14(2)28-13)32-12-23(15-6-17(25)8-18(7-15)31-3)9-19(23)22(30)29-21-5-4-16(24)10-27-21/h4-5,7-8,10-11,15,19H,6,9,12H2,1-3H3,(H,27,29,30)/t15?,19-,23+/m0/s1. The molecule has 7 nitrogen and oxygen atoms in total. The number of hydrogen-bond acceptors (Lipinski definition) is 6. The fourth-order valence-electron chi connectivity index (χ4n) is 4.17. The Morgan fingerprint density at radius 3 is 2.75 bits per heavy atom. The van der Waals surface area contributed by atoms with Gasteiger partial charge in [-0.25, -0.2) is 23.7 Å². The third-order valence-corrected chi connectivity index (χ3v) is 6.02. The number of aryl methyl sites for hydroxylation is 2. The lowest BCUT2D eigenvalue weighted by molar-refractivity contribution is -0.118. The number of rotatable bonds is 7. The van der Waals surface area contributed by atoms with E-state index >= 15 is 0 Å². The van der Waals surface area contributed by atoms with Crippen LogP contribution in [-0.2, 0) is 9.53 Å². The molecule has 2 aliphatic rings. The summed E-state index contributed by atoms with van der Waals surface area (Å²) >= 11 is 0. The molecule has 4 rings (SSSR count). The molecular formula is C23H24F2N4O3. The third-order valence-electron chi connectivity index (χ3n) is 6.02. The van der Waals surface area contributed by atoms with E-state index in [0.29, 0.717) is 29.4 Å². The van der Waals surface area contributed by atoms with Crippen molar-refractivity contribution in [2.75, 3.05) is 19.0 Å². The molecule has 1 N–H and O–H groups in total. The van der Waals surface area contributed by atoms with Gasteiger partial charge in [-0.2, -0.15) is 0 Å². The van der Waals surface area contributed by atoms with Crippen molar-refractivity contribution < 1.29 is 23.0 Å². The van der Waals surface area contributed by atoms with E-state index in [1.54, 1.807) is 13.1 Å². The van der Waals surface area contributed by atoms with Gasteiger partial charge in [0.05, 0.1) is 31.8 Å². The zero-order chi connectivity index (χ0) is 22.9. The highest BCUT2D eigenvalue weighted by Crippen LogP contribution is 2.61. The average molecular weight is 442 g/mol. The first-order chi connectivity index (χ1) is 15.3. The van der Waals surface area contributed by atoms with Gasteiger partial charge in [0.15, 0.2) is 5.75 Å². The van der Waals surface area contributed by atoms with Gasteiger partial charge in [0.2, 0.25) is 5.91 Å². The van der Waals surface area contributed by atoms with Crippen molar-refractivity contribution in [3.8, 4) is 5.75 Å². The predicted octanol–water partition coefficient (Wildman–Crippen LogP) is 4.05. The number of nitrogens with one attached hydrogen (secondary N) is 1. The monoisotopic (exact) mass is 442 g/mol. The fraction of sp³-hybridized carbons (Fsp3) is 0.391. The Labute approximate surface area is 184 Å². The molecule has 0 aromatic carbocycles. The summed E-state index contributed by atoms with van der Waals surface area (Å²) in [5.74, 6) is 0.00723. The lowest BCUT2D eigenvalue weighted by atomic mass is 9.81. The number of anilines is 1. The van der Waals surface area contributed by atoms with Crippen LogP contribution in [0, 0.1) is 36.9 Å². The number of pyridine rings is 1. The fourth-order valence-corrected chi connectivity index (χ4v) is 4.17. The largest absolute Gasteiger partial charge is 0.497 e. The molecule has 9 heteroatoms. The summed E-state index contributed by atoms with van der Waals surface area (Å²) in [6.45, 7) is 3.79. The van der Waals surface area contributed by atoms with E-state index in [4.69, 9.17) is 9.47 Å². The van der Waals surface area contributed by atoms with Crippen molar-refractivity contribution in [2.45, 2.75) is 26.7 Å². The van der Waals surface area contributed by atoms with Crippen molar-refractivity contribution in [2.24, 2.45) is 17.3 Å². The Morgan fingerprint density at radius 1 is 1.25 bits per heavy atom. The minimum atomic E-state index is -0.642. The second-order valence-electron chi connectivity index (χ2n) is 8.17. The summed E-state index contributed by atoms with van der Waals surface area (Å²) in [7, 11) is 1.48. The summed E-state index contributed by atoms with van der Waals surface area (Å²) in [5, 5.41) is 2.72. The van der Waals surface area contributed by atoms with Crippen molar-refractivity contribution in [1.29, 1.82) is 0 Å². The van der Waals surface area contributed by atoms with E-state index in [-0.39, 0.29) is 36.5 Å². The number of amides is 1. The SMILES string of the molecule is COC1=CC([C@]2(COc3cnc(C)nc3C)C[C@H]2C(=O)Nc2ccc(F)cn2)CC(F)=C1. The van der Waals surface area contributed by atoms with Crippen LogP contribution in [0.2, 0.25) is 0 Å². The van der Waals surface area contributed by atoms with Crippen LogP contribution in [0.1, 0.15) is 24.4 Å². The predicted molar refractivity (Wildman–Crippen MR) is 113 cm³/mol. The number of nitrogens with zero attached hydrogens (tertiary/aromatic N) is 3. The third kappa shape index (κ3) is 4.46. The summed E-state index contributed by atoms with van der Waals surface area (Å²) in [6, 6.07) is 2.62. The van der Waals surface area contributed by atoms with Crippen LogP contribution < -0.4 is 10.1 Å². The Kier molecular flexibility index (Phi) is 5.90. The molecule has 0 spiro atoms. The van der Waals surface area contributed by atoms with E-state index in [1.165, 1.54) is 25.3 Å². The number of hydrogen-bond donors (Lipinski definition) is 1. The molecule has 168 valence electrons. The van der Waals surface area contributed by atoms with Gasteiger partial charge in [0.25, 0.3) is 0 Å². The van der Waals surface area contributed by atoms with Crippen LogP contribution in [0.3, 0.4) is 0 Å². The minimum Gasteiger partial charge on any atom is -0.497 e. The topological polar surface area (TPSA) is 86.2 Å². The Bertz CT molecular complexity index is 1090. The first-order valence-electron chi connectivity index (χ1n) is 10.3. The van der Waals surface area contributed by atoms with Gasteiger partial charge < -0.3 is 14.8 Å². The van der Waals surface area contributed by atoms with E-state index in [0.717, 1.165) is 6.20 Å². The van der Waals surface area contributed by atoms with Crippen LogP contribution >= 0.6 is 0 Å². The number of methoxy groups -OCH3 is 1. The van der Waals surface area contributed by atoms with E-state index in [1.807, 2.05) is 13.0 Å². The maximum Gasteiger partial charge on any atom is 0.229 e. The molecule has 1 unspecified atom stereocenters. The minimum absolute atomic E-state index is 0.151. The second-order valence-corrected chi connectivity index (χ2v) is 8.17. The molecule has 1 fully saturated rings. The zero-order valence-corrected chi connectivity index (χ0v) is 18.1. The van der Waals surface area contributed by atoms with Gasteiger partial charge in [-0.15, -0.1) is 0 Å². The number of carbonyl (C=O) groups is 1. The van der Waals surface area contributed by atoms with Crippen molar-refractivity contribution in [3.05, 3.63) is 65.6 Å². The van der Waals surface area contributed by atoms with Gasteiger partial charge in [-0.05, 0) is 44.4 Å². The van der Waals surface area contributed by atoms with Crippen LogP contribution in [0.5, 0.6) is 5.75 Å². The zero-order valence-electron chi connectivity index (χ0n) is 18.1. The molecule has 0 saturated heterocycles. The van der Waals surface area contributed by atoms with E-state index < -0.39 is 17.2 Å². The quantitative estimate of drug-likeness (QED) is 0.696. The number of ether oxygens (including phenoxy) is 2. The number of aromatic nitrogens is 3. The van der Waals surface area contributed by atoms with E-state index in [9.17, 15) is 13.6 Å². The Morgan fingerprint density at radius 2 is 2.06 bits per heavy atom. The molecule has 0 bridgehead atoms. The smallest absolute Gasteiger partial charge is 0.229 e. The maximum absolute atomic E-state index is 14.3. The summed E-state index contributed by atoms with van der Waals surface area (Å²) < 4.78 is 38.8. The van der Waals surface area contributed by atoms with Gasteiger partial charge in [0.1, 0.15) is 29.0 Å². The molecule has 3 atom stereocenters. The summed E-state index contributed by atoms with van der Waals surface area (Å²) in [4.78, 5) is 25.4. The lowest BCUT2D eigenvalue weighted by Crippen LogP contribution is -2.30. The van der Waals surface area contributed by atoms with Gasteiger partial charge in [0, 0.05) is 23.8 Å². The Balaban J connectivity index is 1.56. The molecule has 2 heterocycles. The normalized spacial score (nSPS) is 24.3. The molecule has 0 radical (unpaired) electrons. The molecule has 1 saturated carbocycles. The second kappa shape index (κ2) is 8.64. The number of allylic oxidation sites excluding steroid dienone is 3. The molecule has 2 aliphatic carbocycles. The highest BCUT2D eigenvalue weighted by atomic mass is 19.1. The highest BCUT2D eigenvalue weighted by molar-refractivity contribution is 5.94. The molecular weight excluding hydrogens is 418 g/mol. The molecule has 1 amide bonds. The average Bonchev–Trinajstić information content (AvgIpc) is 3.50. The van der Waals surface area contributed by atoms with Gasteiger partial charge in [-0.1, -0.05) is 0 Å². The molecule has 2 aromatic rings. The lowest BCUT2D eigenvalue weighted by Gasteiger charge is -2.28. The summed E-state index contributed by atoms with van der Waals surface area (Å²) in [5.41, 5.74) is 0.0456. The number of carbonyl (C=O) groups excluding carboxylic acids is 1. The first kappa shape index (κ1) is 21.9. The molecule has 0 aliphatic heterocycles. The van der Waals surface area contributed by atoms with E-state index in [2.05, 4.69) is 20.3 Å². The van der Waals surface area contributed by atoms with Crippen molar-refractivity contribution in [3.63, 3.8) is 0 Å². The van der Waals surface area contributed by atoms with Gasteiger partial charge in [-0.3, -0.25) is 4.79 Å². The van der Waals surface area contributed by atoms with Crippen LogP contribution in [0.4, 0.5) is 14.6 Å².